The molecule has 0 aliphatic rings. The Morgan fingerprint density at radius 2 is 1.54 bits per heavy atom. The van der Waals surface area contributed by atoms with Gasteiger partial charge in [-0.2, -0.15) is 5.10 Å². The van der Waals surface area contributed by atoms with Gasteiger partial charge in [0.2, 0.25) is 0 Å². The molecule has 0 radical (unpaired) electrons. The maximum absolute atomic E-state index is 6.09. The molecule has 0 spiro atoms. The fraction of sp³-hybridized carbons (Fsp3) is 0. The summed E-state index contributed by atoms with van der Waals surface area (Å²) in [4.78, 5) is 41.4. The predicted octanol–water partition coefficient (Wildman–Crippen LogP) is 6.57. The molecule has 14 heteroatoms. The van der Waals surface area contributed by atoms with E-state index in [1.807, 2.05) is 40.3 Å². The highest BCUT2D eigenvalue weighted by molar-refractivity contribution is 7.13. The highest BCUT2D eigenvalue weighted by atomic mass is 32.1. The van der Waals surface area contributed by atoms with E-state index in [-0.39, 0.29) is 0 Å². The van der Waals surface area contributed by atoms with Crippen LogP contribution in [0.25, 0.3) is 84.2 Å². The van der Waals surface area contributed by atoms with Crippen molar-refractivity contribution < 1.29 is 4.42 Å². The molecule has 0 bridgehead atoms. The largest absolute Gasteiger partial charge is 0.432 e. The number of imidazole rings is 1. The second kappa shape index (κ2) is 11.5. The van der Waals surface area contributed by atoms with E-state index in [4.69, 9.17) is 34.3 Å². The number of thiazole rings is 1. The van der Waals surface area contributed by atoms with Crippen molar-refractivity contribution in [2.24, 2.45) is 0 Å². The Hall–Kier alpha value is -6.80. The maximum Gasteiger partial charge on any atom is 0.306 e. The van der Waals surface area contributed by atoms with Gasteiger partial charge in [0.1, 0.15) is 22.8 Å². The third-order valence-electron chi connectivity index (χ3n) is 7.74. The average molecular weight is 645 g/mol. The number of benzene rings is 1. The molecule has 0 saturated heterocycles. The number of pyridine rings is 1. The van der Waals surface area contributed by atoms with Crippen LogP contribution in [0.4, 0.5) is 0 Å². The van der Waals surface area contributed by atoms with Gasteiger partial charge in [-0.3, -0.25) is 19.5 Å². The number of hydrogen-bond donors (Lipinski definition) is 1. The second-order valence-corrected chi connectivity index (χ2v) is 11.3. The molecular weight excluding hydrogens is 625 g/mol. The summed E-state index contributed by atoms with van der Waals surface area (Å²) in [6, 6.07) is 11.6. The fourth-order valence-electron chi connectivity index (χ4n) is 6.02. The lowest BCUT2D eigenvalue weighted by molar-refractivity contribution is 0.533. The first-order valence-corrected chi connectivity index (χ1v) is 15.6. The van der Waals surface area contributed by atoms with E-state index in [1.54, 1.807) is 74.2 Å². The Balaban J connectivity index is 1.66. The monoisotopic (exact) mass is 644 g/mol. The minimum absolute atomic E-state index is 0.296. The van der Waals surface area contributed by atoms with Gasteiger partial charge >= 0.3 is 6.01 Å². The van der Waals surface area contributed by atoms with Crippen LogP contribution in [-0.4, -0.2) is 59.6 Å². The van der Waals surface area contributed by atoms with E-state index in [9.17, 15) is 0 Å². The quantitative estimate of drug-likeness (QED) is 0.200. The highest BCUT2D eigenvalue weighted by Crippen LogP contribution is 2.55. The van der Waals surface area contributed by atoms with Gasteiger partial charge in [0.05, 0.1) is 35.0 Å². The summed E-state index contributed by atoms with van der Waals surface area (Å²) in [5.41, 5.74) is 6.76. The Kier molecular flexibility index (Phi) is 6.61. The van der Waals surface area contributed by atoms with Crippen molar-refractivity contribution in [1.82, 2.24) is 59.6 Å². The van der Waals surface area contributed by atoms with Crippen molar-refractivity contribution in [3.8, 4) is 73.3 Å². The number of hydrogen-bond acceptors (Lipinski definition) is 12. The molecule has 8 heterocycles. The van der Waals surface area contributed by atoms with Gasteiger partial charge in [0.15, 0.2) is 5.82 Å². The minimum Gasteiger partial charge on any atom is -0.432 e. The molecule has 228 valence electrons. The van der Waals surface area contributed by atoms with E-state index < -0.39 is 0 Å². The Morgan fingerprint density at radius 3 is 2.25 bits per heavy atom. The molecule has 8 aromatic heterocycles. The summed E-state index contributed by atoms with van der Waals surface area (Å²) in [5, 5.41) is 12.2. The zero-order valence-electron chi connectivity index (χ0n) is 24.7. The number of nitrogens with zero attached hydrogens (tertiary/aromatic N) is 11. The van der Waals surface area contributed by atoms with E-state index in [1.165, 1.54) is 17.6 Å². The summed E-state index contributed by atoms with van der Waals surface area (Å²) < 4.78 is 8.02. The van der Waals surface area contributed by atoms with Gasteiger partial charge in [0, 0.05) is 94.4 Å². The van der Waals surface area contributed by atoms with Gasteiger partial charge in [-0.25, -0.2) is 24.9 Å². The summed E-state index contributed by atoms with van der Waals surface area (Å²) in [6.45, 7) is 0. The first-order chi connectivity index (χ1) is 23.9. The van der Waals surface area contributed by atoms with Crippen molar-refractivity contribution in [3.05, 3.63) is 116 Å². The number of rotatable bonds is 7. The molecule has 48 heavy (non-hydrogen) atoms. The first kappa shape index (κ1) is 27.5. The molecule has 0 saturated carbocycles. The van der Waals surface area contributed by atoms with Crippen LogP contribution in [-0.2, 0) is 0 Å². The lowest BCUT2D eigenvalue weighted by atomic mass is 9.87. The number of nitrogens with one attached hydrogen (secondary N) is 1. The van der Waals surface area contributed by atoms with Crippen molar-refractivity contribution in [2.75, 3.05) is 0 Å². The van der Waals surface area contributed by atoms with Gasteiger partial charge in [0.25, 0.3) is 0 Å². The van der Waals surface area contributed by atoms with Crippen LogP contribution in [0.1, 0.15) is 0 Å². The lowest BCUT2D eigenvalue weighted by Gasteiger charge is -2.20. The molecular formula is C34H20N12OS. The standard InChI is InChI=1S/C34H20N12OS/c1-2-7-36-20(5-1)23-26(31-38-8-4-9-39-31)25-24(22-19-35-11-12-37-22)29(21-6-3-10-44-45-21)46(34-43-15-17-47-34)30(25)28(33-42-16-18-48-33)27(23)32-40-13-14-41-32/h1-19H,(H,40,41). The van der Waals surface area contributed by atoms with Gasteiger partial charge in [-0.05, 0) is 30.3 Å². The average Bonchev–Trinajstić information content (AvgIpc) is 4.00. The Labute approximate surface area is 275 Å². The highest BCUT2D eigenvalue weighted by Gasteiger charge is 2.36. The molecule has 0 amide bonds. The molecule has 0 atom stereocenters. The van der Waals surface area contributed by atoms with Gasteiger partial charge in [-0.15, -0.1) is 16.4 Å². The zero-order valence-corrected chi connectivity index (χ0v) is 25.5. The zero-order chi connectivity index (χ0) is 31.9. The number of oxazole rings is 1. The molecule has 1 aromatic carbocycles. The van der Waals surface area contributed by atoms with E-state index in [2.05, 4.69) is 25.1 Å². The van der Waals surface area contributed by atoms with Gasteiger partial charge < -0.3 is 9.40 Å². The third kappa shape index (κ3) is 4.39. The Bertz CT molecular complexity index is 2470. The van der Waals surface area contributed by atoms with Crippen LogP contribution in [0, 0.1) is 0 Å². The van der Waals surface area contributed by atoms with Crippen LogP contribution in [0.5, 0.6) is 0 Å². The maximum atomic E-state index is 6.09. The number of fused-ring (bicyclic) bond motifs is 1. The number of aromatic nitrogens is 12. The van der Waals surface area contributed by atoms with Crippen molar-refractivity contribution in [1.29, 1.82) is 0 Å². The molecule has 0 fully saturated rings. The van der Waals surface area contributed by atoms with Crippen LogP contribution in [0.2, 0.25) is 0 Å². The van der Waals surface area contributed by atoms with Crippen LogP contribution in [0.15, 0.2) is 121 Å². The van der Waals surface area contributed by atoms with Crippen LogP contribution in [0.3, 0.4) is 0 Å². The molecule has 0 aliphatic carbocycles. The second-order valence-electron chi connectivity index (χ2n) is 10.4. The van der Waals surface area contributed by atoms with Gasteiger partial charge in [-0.1, -0.05) is 6.07 Å². The summed E-state index contributed by atoms with van der Waals surface area (Å²) >= 11 is 1.50. The normalized spacial score (nSPS) is 11.3. The number of aromatic amines is 1. The lowest BCUT2D eigenvalue weighted by Crippen LogP contribution is -2.04. The summed E-state index contributed by atoms with van der Waals surface area (Å²) in [5.74, 6) is 1.06. The van der Waals surface area contributed by atoms with Crippen LogP contribution >= 0.6 is 11.3 Å². The Morgan fingerprint density at radius 1 is 0.646 bits per heavy atom. The van der Waals surface area contributed by atoms with Crippen molar-refractivity contribution in [3.63, 3.8) is 0 Å². The molecule has 1 N–H and O–H groups in total. The van der Waals surface area contributed by atoms with E-state index in [0.29, 0.717) is 57.1 Å². The predicted molar refractivity (Wildman–Crippen MR) is 178 cm³/mol. The van der Waals surface area contributed by atoms with E-state index >= 15 is 0 Å². The molecule has 13 nitrogen and oxygen atoms in total. The summed E-state index contributed by atoms with van der Waals surface area (Å²) in [6.07, 6.45) is 20.2. The fourth-order valence-corrected chi connectivity index (χ4v) is 6.71. The third-order valence-corrected chi connectivity index (χ3v) is 8.53. The topological polar surface area (TPSA) is 163 Å². The van der Waals surface area contributed by atoms with Crippen LogP contribution < -0.4 is 0 Å². The molecule has 0 aliphatic heterocycles. The SMILES string of the molecule is c1ccc(-c2c(-c3ncc[nH]3)c(-c3nccs3)c3c(c2-c2ncccn2)c(-c2cnccn2)c(-c2cccnn2)n3-c2ncco2)nc1. The van der Waals surface area contributed by atoms with Crippen molar-refractivity contribution in [2.45, 2.75) is 0 Å². The molecule has 9 aromatic rings. The minimum atomic E-state index is 0.296. The first-order valence-electron chi connectivity index (χ1n) is 14.7. The smallest absolute Gasteiger partial charge is 0.306 e. The summed E-state index contributed by atoms with van der Waals surface area (Å²) in [7, 11) is 0. The molecule has 9 rings (SSSR count). The van der Waals surface area contributed by atoms with Crippen molar-refractivity contribution >= 4 is 22.2 Å². The molecule has 0 unspecified atom stereocenters. The number of H-pyrrole nitrogens is 1. The van der Waals surface area contributed by atoms with E-state index in [0.717, 1.165) is 27.1 Å².